The van der Waals surface area contributed by atoms with Gasteiger partial charge in [0.2, 0.25) is 5.43 Å². The standard InChI is InChI=1S/C12H18N2O2/c1-9-12(11(15)4-7-14-9)16-8-10-2-5-13-6-3-10/h4,7,10,13H,2-3,5-6,8H2,1H3,(H,14,15). The molecular formula is C12H18N2O2. The van der Waals surface area contributed by atoms with E-state index < -0.39 is 0 Å². The summed E-state index contributed by atoms with van der Waals surface area (Å²) in [5, 5.41) is 3.31. The lowest BCUT2D eigenvalue weighted by molar-refractivity contribution is 0.212. The Hall–Kier alpha value is -1.29. The minimum Gasteiger partial charge on any atom is -0.487 e. The first-order valence-corrected chi connectivity index (χ1v) is 5.79. The maximum Gasteiger partial charge on any atom is 0.223 e. The molecular weight excluding hydrogens is 204 g/mol. The van der Waals surface area contributed by atoms with Gasteiger partial charge >= 0.3 is 0 Å². The van der Waals surface area contributed by atoms with Crippen molar-refractivity contribution in [1.29, 1.82) is 0 Å². The van der Waals surface area contributed by atoms with Crippen LogP contribution in [0.4, 0.5) is 0 Å². The Bertz CT molecular complexity index is 394. The van der Waals surface area contributed by atoms with Crippen LogP contribution >= 0.6 is 0 Å². The number of hydrogen-bond acceptors (Lipinski definition) is 3. The Morgan fingerprint density at radius 2 is 2.19 bits per heavy atom. The van der Waals surface area contributed by atoms with Crippen molar-refractivity contribution in [3.63, 3.8) is 0 Å². The number of H-pyrrole nitrogens is 1. The zero-order chi connectivity index (χ0) is 11.4. The van der Waals surface area contributed by atoms with Crippen LogP contribution in [0.3, 0.4) is 0 Å². The molecule has 4 heteroatoms. The predicted octanol–water partition coefficient (Wildman–Crippen LogP) is 1.06. The van der Waals surface area contributed by atoms with Gasteiger partial charge in [-0.15, -0.1) is 0 Å². The number of piperidine rings is 1. The average Bonchev–Trinajstić information content (AvgIpc) is 2.30. The van der Waals surface area contributed by atoms with Crippen molar-refractivity contribution in [3.05, 3.63) is 28.2 Å². The molecule has 0 spiro atoms. The largest absolute Gasteiger partial charge is 0.487 e. The molecule has 0 aromatic carbocycles. The number of ether oxygens (including phenoxy) is 1. The van der Waals surface area contributed by atoms with E-state index in [1.165, 1.54) is 6.07 Å². The van der Waals surface area contributed by atoms with Gasteiger partial charge in [-0.05, 0) is 38.8 Å². The van der Waals surface area contributed by atoms with Gasteiger partial charge in [-0.1, -0.05) is 0 Å². The van der Waals surface area contributed by atoms with Crippen LogP contribution in [0.15, 0.2) is 17.1 Å². The molecule has 1 fully saturated rings. The maximum absolute atomic E-state index is 11.6. The summed E-state index contributed by atoms with van der Waals surface area (Å²) < 4.78 is 5.64. The van der Waals surface area contributed by atoms with Gasteiger partial charge in [-0.3, -0.25) is 4.79 Å². The van der Waals surface area contributed by atoms with Gasteiger partial charge in [-0.25, -0.2) is 0 Å². The summed E-state index contributed by atoms with van der Waals surface area (Å²) in [7, 11) is 0. The van der Waals surface area contributed by atoms with Gasteiger partial charge in [0.1, 0.15) is 0 Å². The van der Waals surface area contributed by atoms with Crippen molar-refractivity contribution in [3.8, 4) is 5.75 Å². The quantitative estimate of drug-likeness (QED) is 0.804. The van der Waals surface area contributed by atoms with E-state index in [-0.39, 0.29) is 5.43 Å². The van der Waals surface area contributed by atoms with E-state index in [1.54, 1.807) is 6.20 Å². The lowest BCUT2D eigenvalue weighted by atomic mass is 9.99. The fourth-order valence-corrected chi connectivity index (χ4v) is 2.00. The summed E-state index contributed by atoms with van der Waals surface area (Å²) in [4.78, 5) is 14.5. The van der Waals surface area contributed by atoms with Crippen LogP contribution in [0.5, 0.6) is 5.75 Å². The number of aromatic amines is 1. The second-order valence-corrected chi connectivity index (χ2v) is 4.30. The van der Waals surface area contributed by atoms with Crippen molar-refractivity contribution in [2.45, 2.75) is 19.8 Å². The molecule has 0 amide bonds. The molecule has 0 bridgehead atoms. The molecule has 4 nitrogen and oxygen atoms in total. The number of pyridine rings is 1. The third kappa shape index (κ3) is 2.64. The van der Waals surface area contributed by atoms with Gasteiger partial charge < -0.3 is 15.0 Å². The first kappa shape index (κ1) is 11.2. The number of hydrogen-bond donors (Lipinski definition) is 2. The van der Waals surface area contributed by atoms with Crippen molar-refractivity contribution in [2.75, 3.05) is 19.7 Å². The Morgan fingerprint density at radius 3 is 2.88 bits per heavy atom. The smallest absolute Gasteiger partial charge is 0.223 e. The Kier molecular flexibility index (Phi) is 3.62. The summed E-state index contributed by atoms with van der Waals surface area (Å²) in [6, 6.07) is 1.50. The third-order valence-electron chi connectivity index (χ3n) is 3.02. The van der Waals surface area contributed by atoms with E-state index in [0.29, 0.717) is 18.3 Å². The van der Waals surface area contributed by atoms with Gasteiger partial charge in [0.25, 0.3) is 0 Å². The Balaban J connectivity index is 1.96. The minimum absolute atomic E-state index is 0.0369. The maximum atomic E-state index is 11.6. The van der Waals surface area contributed by atoms with E-state index in [9.17, 15) is 4.79 Å². The van der Waals surface area contributed by atoms with Crippen molar-refractivity contribution in [1.82, 2.24) is 10.3 Å². The van der Waals surface area contributed by atoms with Crippen LogP contribution in [0.2, 0.25) is 0 Å². The van der Waals surface area contributed by atoms with Crippen molar-refractivity contribution >= 4 is 0 Å². The van der Waals surface area contributed by atoms with E-state index in [4.69, 9.17) is 4.74 Å². The lowest BCUT2D eigenvalue weighted by Crippen LogP contribution is -2.31. The predicted molar refractivity (Wildman–Crippen MR) is 62.9 cm³/mol. The summed E-state index contributed by atoms with van der Waals surface area (Å²) in [6.45, 7) is 4.62. The highest BCUT2D eigenvalue weighted by molar-refractivity contribution is 5.25. The van der Waals surface area contributed by atoms with Crippen LogP contribution in [0.25, 0.3) is 0 Å². The fraction of sp³-hybridized carbons (Fsp3) is 0.583. The van der Waals surface area contributed by atoms with Gasteiger partial charge in [0.05, 0.1) is 12.3 Å². The number of aromatic nitrogens is 1. The second kappa shape index (κ2) is 5.16. The number of nitrogens with one attached hydrogen (secondary N) is 2. The molecule has 0 saturated carbocycles. The van der Waals surface area contributed by atoms with Crippen LogP contribution in [-0.2, 0) is 0 Å². The molecule has 2 N–H and O–H groups in total. The summed E-state index contributed by atoms with van der Waals surface area (Å²) in [5.74, 6) is 1.04. The molecule has 1 aliphatic heterocycles. The average molecular weight is 222 g/mol. The Labute approximate surface area is 95.0 Å². The van der Waals surface area contributed by atoms with Crippen LogP contribution in [-0.4, -0.2) is 24.7 Å². The van der Waals surface area contributed by atoms with Gasteiger partial charge in [-0.2, -0.15) is 0 Å². The first-order chi connectivity index (χ1) is 7.77. The zero-order valence-electron chi connectivity index (χ0n) is 9.58. The SMILES string of the molecule is Cc1[nH]ccc(=O)c1OCC1CCNCC1. The molecule has 88 valence electrons. The molecule has 0 atom stereocenters. The van der Waals surface area contributed by atoms with Crippen LogP contribution < -0.4 is 15.5 Å². The lowest BCUT2D eigenvalue weighted by Gasteiger charge is -2.22. The molecule has 1 aliphatic rings. The van der Waals surface area contributed by atoms with Gasteiger partial charge in [0, 0.05) is 12.3 Å². The topological polar surface area (TPSA) is 54.1 Å². The zero-order valence-corrected chi connectivity index (χ0v) is 9.58. The monoisotopic (exact) mass is 222 g/mol. The van der Waals surface area contributed by atoms with Gasteiger partial charge in [0.15, 0.2) is 5.75 Å². The third-order valence-corrected chi connectivity index (χ3v) is 3.02. The molecule has 2 rings (SSSR count). The highest BCUT2D eigenvalue weighted by atomic mass is 16.5. The second-order valence-electron chi connectivity index (χ2n) is 4.30. The molecule has 1 aromatic rings. The first-order valence-electron chi connectivity index (χ1n) is 5.79. The normalized spacial score (nSPS) is 17.3. The summed E-state index contributed by atoms with van der Waals surface area (Å²) >= 11 is 0. The molecule has 2 heterocycles. The van der Waals surface area contributed by atoms with E-state index in [0.717, 1.165) is 31.6 Å². The summed E-state index contributed by atoms with van der Waals surface area (Å²) in [6.07, 6.45) is 3.91. The molecule has 0 unspecified atom stereocenters. The number of rotatable bonds is 3. The molecule has 0 radical (unpaired) electrons. The van der Waals surface area contributed by atoms with E-state index in [1.807, 2.05) is 6.92 Å². The van der Waals surface area contributed by atoms with Crippen LogP contribution in [0.1, 0.15) is 18.5 Å². The van der Waals surface area contributed by atoms with Crippen LogP contribution in [0, 0.1) is 12.8 Å². The van der Waals surface area contributed by atoms with E-state index in [2.05, 4.69) is 10.3 Å². The van der Waals surface area contributed by atoms with Crippen molar-refractivity contribution < 1.29 is 4.74 Å². The minimum atomic E-state index is -0.0369. The van der Waals surface area contributed by atoms with E-state index >= 15 is 0 Å². The highest BCUT2D eigenvalue weighted by Gasteiger charge is 2.14. The Morgan fingerprint density at radius 1 is 1.44 bits per heavy atom. The van der Waals surface area contributed by atoms with Crippen molar-refractivity contribution in [2.24, 2.45) is 5.92 Å². The molecule has 16 heavy (non-hydrogen) atoms. The molecule has 0 aliphatic carbocycles. The summed E-state index contributed by atoms with van der Waals surface area (Å²) in [5.41, 5.74) is 0.770. The fourth-order valence-electron chi connectivity index (χ4n) is 2.00. The molecule has 1 saturated heterocycles. The number of aryl methyl sites for hydroxylation is 1. The highest BCUT2D eigenvalue weighted by Crippen LogP contribution is 2.15. The molecule has 1 aromatic heterocycles.